The maximum absolute atomic E-state index is 12.2. The highest BCUT2D eigenvalue weighted by Crippen LogP contribution is 2.50. The van der Waals surface area contributed by atoms with Crippen molar-refractivity contribution in [2.24, 2.45) is 11.3 Å². The Kier molecular flexibility index (Phi) is 3.74. The van der Waals surface area contributed by atoms with E-state index in [0.29, 0.717) is 24.3 Å². The normalized spacial score (nSPS) is 31.0. The Labute approximate surface area is 110 Å². The molecule has 0 aromatic rings. The molecule has 1 aliphatic carbocycles. The number of nitrogens with zero attached hydrogens (tertiary/aromatic N) is 2. The van der Waals surface area contributed by atoms with Gasteiger partial charge in [-0.05, 0) is 44.0 Å². The lowest BCUT2D eigenvalue weighted by atomic mass is 10.0. The van der Waals surface area contributed by atoms with Gasteiger partial charge in [-0.1, -0.05) is 6.92 Å². The Balaban J connectivity index is 1.89. The lowest BCUT2D eigenvalue weighted by Gasteiger charge is -2.23. The van der Waals surface area contributed by atoms with E-state index in [9.17, 15) is 4.79 Å². The van der Waals surface area contributed by atoms with Gasteiger partial charge < -0.3 is 9.80 Å². The van der Waals surface area contributed by atoms with Gasteiger partial charge in [0, 0.05) is 25.6 Å². The van der Waals surface area contributed by atoms with E-state index in [4.69, 9.17) is 0 Å². The van der Waals surface area contributed by atoms with E-state index in [1.165, 1.54) is 12.8 Å². The maximum Gasteiger partial charge on any atom is 0.223 e. The molecule has 17 heavy (non-hydrogen) atoms. The molecule has 2 rings (SSSR count). The van der Waals surface area contributed by atoms with E-state index in [-0.39, 0.29) is 5.41 Å². The van der Waals surface area contributed by atoms with Crippen molar-refractivity contribution in [2.75, 3.05) is 32.9 Å². The van der Waals surface area contributed by atoms with E-state index in [0.717, 1.165) is 18.8 Å². The second-order valence-corrected chi connectivity index (χ2v) is 6.46. The zero-order valence-corrected chi connectivity index (χ0v) is 12.0. The molecule has 1 amide bonds. The molecule has 2 aliphatic rings. The number of rotatable bonds is 4. The second-order valence-electron chi connectivity index (χ2n) is 6.14. The molecule has 3 nitrogen and oxygen atoms in total. The number of hydrogen-bond donors (Lipinski definition) is 1. The van der Waals surface area contributed by atoms with Gasteiger partial charge in [-0.15, -0.1) is 0 Å². The molecule has 0 aromatic carbocycles. The second kappa shape index (κ2) is 4.81. The molecule has 2 fully saturated rings. The van der Waals surface area contributed by atoms with Gasteiger partial charge >= 0.3 is 0 Å². The van der Waals surface area contributed by atoms with Gasteiger partial charge in [-0.2, -0.15) is 12.6 Å². The number of carbonyl (C=O) groups is 1. The van der Waals surface area contributed by atoms with Crippen LogP contribution in [0.2, 0.25) is 0 Å². The quantitative estimate of drug-likeness (QED) is 0.771. The third-order valence-corrected chi connectivity index (χ3v) is 5.08. The minimum absolute atomic E-state index is 0.250. The van der Waals surface area contributed by atoms with Crippen molar-refractivity contribution in [3.8, 4) is 0 Å². The number of thiol groups is 1. The first-order valence-corrected chi connectivity index (χ1v) is 7.16. The van der Waals surface area contributed by atoms with Crippen LogP contribution in [0.4, 0.5) is 0 Å². The fourth-order valence-electron chi connectivity index (χ4n) is 2.83. The highest BCUT2D eigenvalue weighted by molar-refractivity contribution is 7.80. The Morgan fingerprint density at radius 2 is 2.06 bits per heavy atom. The number of hydrogen-bond acceptors (Lipinski definition) is 3. The van der Waals surface area contributed by atoms with E-state index >= 15 is 0 Å². The molecule has 0 radical (unpaired) electrons. The summed E-state index contributed by atoms with van der Waals surface area (Å²) >= 11 is 4.37. The minimum atomic E-state index is 0.250. The van der Waals surface area contributed by atoms with Crippen molar-refractivity contribution >= 4 is 18.5 Å². The molecule has 0 N–H and O–H groups in total. The average molecular weight is 256 g/mol. The van der Waals surface area contributed by atoms with Crippen LogP contribution in [-0.2, 0) is 4.79 Å². The molecular weight excluding hydrogens is 232 g/mol. The van der Waals surface area contributed by atoms with Gasteiger partial charge in [0.1, 0.15) is 0 Å². The van der Waals surface area contributed by atoms with E-state index in [1.807, 2.05) is 0 Å². The summed E-state index contributed by atoms with van der Waals surface area (Å²) in [4.78, 5) is 16.5. The summed E-state index contributed by atoms with van der Waals surface area (Å²) in [5.41, 5.74) is 0.250. The van der Waals surface area contributed by atoms with Crippen LogP contribution in [-0.4, -0.2) is 54.7 Å². The highest BCUT2D eigenvalue weighted by Gasteiger charge is 2.45. The number of likely N-dealkylation sites (N-methyl/N-ethyl adjacent to an activating group) is 1. The molecule has 2 unspecified atom stereocenters. The van der Waals surface area contributed by atoms with Crippen molar-refractivity contribution in [1.82, 2.24) is 9.80 Å². The van der Waals surface area contributed by atoms with E-state index in [1.54, 1.807) is 0 Å². The van der Waals surface area contributed by atoms with Crippen LogP contribution in [0.15, 0.2) is 0 Å². The molecule has 0 spiro atoms. The Hall–Kier alpha value is -0.220. The van der Waals surface area contributed by atoms with Crippen LogP contribution >= 0.6 is 12.6 Å². The maximum atomic E-state index is 12.2. The predicted octanol–water partition coefficient (Wildman–Crippen LogP) is 1.50. The van der Waals surface area contributed by atoms with Gasteiger partial charge in [0.15, 0.2) is 0 Å². The molecule has 2 atom stereocenters. The van der Waals surface area contributed by atoms with Crippen LogP contribution in [0, 0.1) is 11.3 Å². The topological polar surface area (TPSA) is 23.6 Å². The van der Waals surface area contributed by atoms with Gasteiger partial charge in [0.05, 0.1) is 0 Å². The molecule has 1 saturated heterocycles. The summed E-state index contributed by atoms with van der Waals surface area (Å²) in [5, 5.41) is 0. The summed E-state index contributed by atoms with van der Waals surface area (Å²) in [6.45, 7) is 4.06. The summed E-state index contributed by atoms with van der Waals surface area (Å²) in [7, 11) is 4.20. The Morgan fingerprint density at radius 3 is 2.47 bits per heavy atom. The largest absolute Gasteiger partial charge is 0.341 e. The van der Waals surface area contributed by atoms with Gasteiger partial charge in [0.25, 0.3) is 0 Å². The molecule has 4 heteroatoms. The zero-order chi connectivity index (χ0) is 12.6. The Bertz CT molecular complexity index is 302. The molecule has 1 heterocycles. The molecule has 0 bridgehead atoms. The standard InChI is InChI=1S/C13H24N2OS/c1-10-7-15(8-11(10)14(2)3)12(16)6-13(9-17)4-5-13/h10-11,17H,4-9H2,1-3H3. The van der Waals surface area contributed by atoms with Crippen molar-refractivity contribution in [3.05, 3.63) is 0 Å². The number of amides is 1. The first kappa shape index (κ1) is 13.2. The summed E-state index contributed by atoms with van der Waals surface area (Å²) in [5.74, 6) is 1.78. The monoisotopic (exact) mass is 256 g/mol. The Morgan fingerprint density at radius 1 is 1.41 bits per heavy atom. The molecule has 1 aliphatic heterocycles. The molecule has 0 aromatic heterocycles. The fraction of sp³-hybridized carbons (Fsp3) is 0.923. The third-order valence-electron chi connectivity index (χ3n) is 4.41. The summed E-state index contributed by atoms with van der Waals surface area (Å²) < 4.78 is 0. The van der Waals surface area contributed by atoms with Crippen LogP contribution < -0.4 is 0 Å². The van der Waals surface area contributed by atoms with Crippen molar-refractivity contribution in [1.29, 1.82) is 0 Å². The minimum Gasteiger partial charge on any atom is -0.341 e. The van der Waals surface area contributed by atoms with Crippen LogP contribution in [0.5, 0.6) is 0 Å². The average Bonchev–Trinajstić information content (AvgIpc) is 2.92. The van der Waals surface area contributed by atoms with Crippen molar-refractivity contribution in [2.45, 2.75) is 32.2 Å². The first-order valence-electron chi connectivity index (χ1n) is 6.52. The highest BCUT2D eigenvalue weighted by atomic mass is 32.1. The van der Waals surface area contributed by atoms with Crippen LogP contribution in [0.1, 0.15) is 26.2 Å². The number of carbonyl (C=O) groups excluding carboxylic acids is 1. The third kappa shape index (κ3) is 2.79. The van der Waals surface area contributed by atoms with Gasteiger partial charge in [-0.3, -0.25) is 4.79 Å². The zero-order valence-electron chi connectivity index (χ0n) is 11.1. The van der Waals surface area contributed by atoms with Gasteiger partial charge in [-0.25, -0.2) is 0 Å². The van der Waals surface area contributed by atoms with Crippen LogP contribution in [0.25, 0.3) is 0 Å². The smallest absolute Gasteiger partial charge is 0.223 e. The molecule has 1 saturated carbocycles. The fourth-order valence-corrected chi connectivity index (χ4v) is 3.25. The van der Waals surface area contributed by atoms with E-state index < -0.39 is 0 Å². The number of likely N-dealkylation sites (tertiary alicyclic amines) is 1. The van der Waals surface area contributed by atoms with Crippen molar-refractivity contribution in [3.63, 3.8) is 0 Å². The lowest BCUT2D eigenvalue weighted by molar-refractivity contribution is -0.131. The lowest BCUT2D eigenvalue weighted by Crippen LogP contribution is -2.36. The SMILES string of the molecule is CC1CN(C(=O)CC2(CS)CC2)CC1N(C)C. The predicted molar refractivity (Wildman–Crippen MR) is 73.4 cm³/mol. The summed E-state index contributed by atoms with van der Waals surface area (Å²) in [6, 6.07) is 0.519. The van der Waals surface area contributed by atoms with E-state index in [2.05, 4.69) is 43.4 Å². The van der Waals surface area contributed by atoms with Crippen LogP contribution in [0.3, 0.4) is 0 Å². The summed E-state index contributed by atoms with van der Waals surface area (Å²) in [6.07, 6.45) is 3.08. The first-order chi connectivity index (χ1) is 7.97. The van der Waals surface area contributed by atoms with Gasteiger partial charge in [0.2, 0.25) is 5.91 Å². The molecule has 98 valence electrons. The molecular formula is C13H24N2OS. The van der Waals surface area contributed by atoms with Crippen molar-refractivity contribution < 1.29 is 4.79 Å².